The molecule has 2 N–H and O–H groups in total. The van der Waals surface area contributed by atoms with Crippen LogP contribution in [0.3, 0.4) is 0 Å². The van der Waals surface area contributed by atoms with Crippen LogP contribution in [0.1, 0.15) is 48.1 Å². The van der Waals surface area contributed by atoms with Crippen molar-refractivity contribution in [3.63, 3.8) is 0 Å². The Morgan fingerprint density at radius 2 is 2.12 bits per heavy atom. The van der Waals surface area contributed by atoms with E-state index in [0.717, 1.165) is 44.8 Å². The summed E-state index contributed by atoms with van der Waals surface area (Å²) in [5.74, 6) is 0.101. The largest absolute Gasteiger partial charge is 0.458 e. The van der Waals surface area contributed by atoms with E-state index in [0.29, 0.717) is 29.9 Å². The number of hydrogen-bond acceptors (Lipinski definition) is 7. The standard InChI is InChI=1S/C25H23N3O5S/c1-3-25(32)17-8-19-21-15(10-28(19)23(30)16(17)11-33-24(25)31)14-6-7-34-22-13(9-26-12(2)29)4-5-18(27-21)20(14)22/h4-5,8,32H,3,6-7,9-11H2,1-2H3,(H,26,29)/t25-/m0/s1. The molecule has 3 aromatic rings. The van der Waals surface area contributed by atoms with Gasteiger partial charge in [-0.05, 0) is 36.1 Å². The normalized spacial score (nSPS) is 19.9. The van der Waals surface area contributed by atoms with Crippen molar-refractivity contribution < 1.29 is 19.4 Å². The van der Waals surface area contributed by atoms with Crippen molar-refractivity contribution in [1.82, 2.24) is 14.9 Å². The molecule has 3 aliphatic rings. The van der Waals surface area contributed by atoms with Crippen molar-refractivity contribution in [1.29, 1.82) is 0 Å². The highest BCUT2D eigenvalue weighted by Gasteiger charge is 2.45. The van der Waals surface area contributed by atoms with Crippen molar-refractivity contribution in [2.45, 2.75) is 56.9 Å². The summed E-state index contributed by atoms with van der Waals surface area (Å²) in [5.41, 5.74) is 4.01. The second kappa shape index (κ2) is 7.41. The van der Waals surface area contributed by atoms with Crippen LogP contribution in [0.15, 0.2) is 27.9 Å². The second-order valence-electron chi connectivity index (χ2n) is 8.98. The number of amides is 1. The number of carbonyl (C=O) groups is 2. The van der Waals surface area contributed by atoms with Gasteiger partial charge in [0.1, 0.15) is 6.61 Å². The number of cyclic esters (lactones) is 1. The highest BCUT2D eigenvalue weighted by Crippen LogP contribution is 2.45. The molecule has 0 bridgehead atoms. The van der Waals surface area contributed by atoms with Crippen molar-refractivity contribution in [2.24, 2.45) is 0 Å². The molecule has 0 saturated carbocycles. The fourth-order valence-corrected chi connectivity index (χ4v) is 6.54. The van der Waals surface area contributed by atoms with E-state index in [4.69, 9.17) is 9.72 Å². The number of rotatable bonds is 3. The molecular weight excluding hydrogens is 454 g/mol. The predicted molar refractivity (Wildman–Crippen MR) is 126 cm³/mol. The molecule has 1 aromatic carbocycles. The third-order valence-electron chi connectivity index (χ3n) is 7.13. The molecule has 5 heterocycles. The maximum Gasteiger partial charge on any atom is 0.343 e. The molecule has 1 amide bonds. The van der Waals surface area contributed by atoms with E-state index < -0.39 is 11.6 Å². The minimum Gasteiger partial charge on any atom is -0.458 e. The van der Waals surface area contributed by atoms with Crippen LogP contribution in [0.4, 0.5) is 0 Å². The monoisotopic (exact) mass is 477 g/mol. The summed E-state index contributed by atoms with van der Waals surface area (Å²) < 4.78 is 6.85. The molecule has 8 nitrogen and oxygen atoms in total. The number of carbonyl (C=O) groups excluding carboxylic acids is 2. The molecule has 0 aliphatic carbocycles. The molecule has 0 radical (unpaired) electrons. The lowest BCUT2D eigenvalue weighted by molar-refractivity contribution is -0.172. The molecule has 2 aromatic heterocycles. The van der Waals surface area contributed by atoms with E-state index in [2.05, 4.69) is 5.32 Å². The van der Waals surface area contributed by atoms with E-state index >= 15 is 0 Å². The fourth-order valence-electron chi connectivity index (χ4n) is 5.33. The molecule has 174 valence electrons. The van der Waals surface area contributed by atoms with Gasteiger partial charge in [-0.15, -0.1) is 11.8 Å². The third-order valence-corrected chi connectivity index (χ3v) is 8.29. The van der Waals surface area contributed by atoms with Gasteiger partial charge in [0.2, 0.25) is 5.91 Å². The summed E-state index contributed by atoms with van der Waals surface area (Å²) in [6.07, 6.45) is 0.966. The van der Waals surface area contributed by atoms with Crippen LogP contribution in [-0.2, 0) is 46.0 Å². The smallest absolute Gasteiger partial charge is 0.343 e. The van der Waals surface area contributed by atoms with Gasteiger partial charge in [-0.2, -0.15) is 0 Å². The minimum absolute atomic E-state index is 0.0753. The Kier molecular flexibility index (Phi) is 4.66. The van der Waals surface area contributed by atoms with Gasteiger partial charge in [0, 0.05) is 40.6 Å². The Balaban J connectivity index is 1.58. The summed E-state index contributed by atoms with van der Waals surface area (Å²) in [6.45, 7) is 3.92. The molecule has 34 heavy (non-hydrogen) atoms. The summed E-state index contributed by atoms with van der Waals surface area (Å²) in [4.78, 5) is 43.4. The molecule has 3 aliphatic heterocycles. The molecule has 0 fully saturated rings. The lowest BCUT2D eigenvalue weighted by atomic mass is 9.86. The van der Waals surface area contributed by atoms with E-state index in [1.165, 1.54) is 12.5 Å². The van der Waals surface area contributed by atoms with Crippen LogP contribution >= 0.6 is 11.8 Å². The van der Waals surface area contributed by atoms with Crippen molar-refractivity contribution in [2.75, 3.05) is 5.75 Å². The number of aliphatic hydroxyl groups is 1. The number of aryl methyl sites for hydroxylation is 1. The fraction of sp³-hybridized carbons (Fsp3) is 0.360. The van der Waals surface area contributed by atoms with E-state index in [-0.39, 0.29) is 24.5 Å². The van der Waals surface area contributed by atoms with Gasteiger partial charge in [0.05, 0.1) is 29.0 Å². The van der Waals surface area contributed by atoms with Crippen molar-refractivity contribution in [3.05, 3.63) is 56.4 Å². The Morgan fingerprint density at radius 3 is 2.88 bits per heavy atom. The molecular formula is C25H23N3O5S. The van der Waals surface area contributed by atoms with Crippen molar-refractivity contribution in [3.8, 4) is 11.4 Å². The predicted octanol–water partition coefficient (Wildman–Crippen LogP) is 2.36. The Morgan fingerprint density at radius 1 is 1.29 bits per heavy atom. The van der Waals surface area contributed by atoms with Crippen LogP contribution in [0.5, 0.6) is 0 Å². The molecule has 0 spiro atoms. The summed E-state index contributed by atoms with van der Waals surface area (Å²) in [5, 5.41) is 15.0. The molecule has 9 heteroatoms. The van der Waals surface area contributed by atoms with Crippen LogP contribution in [0.2, 0.25) is 0 Å². The summed E-state index contributed by atoms with van der Waals surface area (Å²) in [6, 6.07) is 5.71. The maximum atomic E-state index is 13.4. The van der Waals surface area contributed by atoms with Crippen LogP contribution in [-0.4, -0.2) is 32.3 Å². The first kappa shape index (κ1) is 21.4. The van der Waals surface area contributed by atoms with Crippen LogP contribution in [0, 0.1) is 0 Å². The number of fused-ring (bicyclic) bond motifs is 5. The lowest BCUT2D eigenvalue weighted by Crippen LogP contribution is -2.44. The van der Waals surface area contributed by atoms with E-state index in [9.17, 15) is 19.5 Å². The Bertz CT molecular complexity index is 1490. The lowest BCUT2D eigenvalue weighted by Gasteiger charge is -2.31. The average molecular weight is 478 g/mol. The number of benzene rings is 1. The van der Waals surface area contributed by atoms with Gasteiger partial charge in [0.25, 0.3) is 5.56 Å². The average Bonchev–Trinajstić information content (AvgIpc) is 3.20. The number of pyridine rings is 2. The van der Waals surface area contributed by atoms with Gasteiger partial charge in [-0.3, -0.25) is 9.59 Å². The number of thioether (sulfide) groups is 1. The Labute approximate surface area is 199 Å². The molecule has 6 rings (SSSR count). The zero-order valence-electron chi connectivity index (χ0n) is 18.9. The second-order valence-corrected chi connectivity index (χ2v) is 10.1. The molecule has 0 unspecified atom stereocenters. The zero-order valence-corrected chi connectivity index (χ0v) is 19.7. The van der Waals surface area contributed by atoms with E-state index in [1.807, 2.05) is 12.1 Å². The van der Waals surface area contributed by atoms with Crippen LogP contribution in [0.25, 0.3) is 22.3 Å². The zero-order chi connectivity index (χ0) is 23.8. The summed E-state index contributed by atoms with van der Waals surface area (Å²) in [7, 11) is 0. The SMILES string of the molecule is CC[C@@]1(O)C(=O)OCc2c1cc1n(c2=O)Cc2c-1nc1ccc(CNC(C)=O)c3c1c2CCS3. The first-order valence-corrected chi connectivity index (χ1v) is 12.3. The van der Waals surface area contributed by atoms with Gasteiger partial charge in [-0.25, -0.2) is 9.78 Å². The number of nitrogens with one attached hydrogen (secondary N) is 1. The Hall–Kier alpha value is -3.17. The first-order chi connectivity index (χ1) is 16.3. The number of nitrogens with zero attached hydrogens (tertiary/aromatic N) is 2. The van der Waals surface area contributed by atoms with Gasteiger partial charge < -0.3 is 19.7 Å². The third kappa shape index (κ3) is 2.83. The first-order valence-electron chi connectivity index (χ1n) is 11.3. The van der Waals surface area contributed by atoms with Gasteiger partial charge >= 0.3 is 5.97 Å². The quantitative estimate of drug-likeness (QED) is 0.436. The van der Waals surface area contributed by atoms with Crippen molar-refractivity contribution >= 4 is 34.5 Å². The van der Waals surface area contributed by atoms with Gasteiger partial charge in [-0.1, -0.05) is 13.0 Å². The number of hydrogen-bond donors (Lipinski definition) is 2. The van der Waals surface area contributed by atoms with E-state index in [1.54, 1.807) is 29.3 Å². The molecule has 1 atom stereocenters. The number of ether oxygens (including phenoxy) is 1. The minimum atomic E-state index is -1.83. The summed E-state index contributed by atoms with van der Waals surface area (Å²) >= 11 is 1.77. The highest BCUT2D eigenvalue weighted by molar-refractivity contribution is 7.99. The van der Waals surface area contributed by atoms with Crippen LogP contribution < -0.4 is 10.9 Å². The topological polar surface area (TPSA) is 111 Å². The molecule has 0 saturated heterocycles. The highest BCUT2D eigenvalue weighted by atomic mass is 32.2. The van der Waals surface area contributed by atoms with Gasteiger partial charge in [0.15, 0.2) is 5.60 Å². The maximum absolute atomic E-state index is 13.4. The number of esters is 1. The number of aromatic nitrogens is 2.